The maximum Gasteiger partial charge on any atom is 0.0702 e. The van der Waals surface area contributed by atoms with Crippen molar-refractivity contribution in [3.8, 4) is 0 Å². The molecule has 2 atom stereocenters. The summed E-state index contributed by atoms with van der Waals surface area (Å²) in [6.07, 6.45) is 4.45. The lowest BCUT2D eigenvalue weighted by atomic mass is 9.78. The summed E-state index contributed by atoms with van der Waals surface area (Å²) in [5.74, 6) is 0. The highest BCUT2D eigenvalue weighted by Gasteiger charge is 2.32. The van der Waals surface area contributed by atoms with Crippen LogP contribution in [0.25, 0.3) is 0 Å². The average molecular weight is 233 g/mol. The van der Waals surface area contributed by atoms with Gasteiger partial charge in [-0.2, -0.15) is 0 Å². The van der Waals surface area contributed by atoms with Gasteiger partial charge in [-0.15, -0.1) is 0 Å². The van der Waals surface area contributed by atoms with Gasteiger partial charge in [0.1, 0.15) is 0 Å². The Morgan fingerprint density at radius 1 is 1.29 bits per heavy atom. The van der Waals surface area contributed by atoms with E-state index < -0.39 is 5.60 Å². The summed E-state index contributed by atoms with van der Waals surface area (Å²) >= 11 is 0. The van der Waals surface area contributed by atoms with E-state index in [9.17, 15) is 5.11 Å². The van der Waals surface area contributed by atoms with Crippen molar-refractivity contribution in [2.24, 2.45) is 5.73 Å². The smallest absolute Gasteiger partial charge is 0.0702 e. The highest BCUT2D eigenvalue weighted by Crippen LogP contribution is 2.31. The molecule has 0 aliphatic heterocycles. The van der Waals surface area contributed by atoms with Gasteiger partial charge in [0.15, 0.2) is 0 Å². The van der Waals surface area contributed by atoms with Crippen molar-refractivity contribution < 1.29 is 5.11 Å². The molecule has 1 aliphatic carbocycles. The summed E-state index contributed by atoms with van der Waals surface area (Å²) < 4.78 is 0. The normalized spacial score (nSPS) is 29.3. The van der Waals surface area contributed by atoms with Crippen molar-refractivity contribution in [2.75, 3.05) is 0 Å². The molecule has 0 aromatic heterocycles. The van der Waals surface area contributed by atoms with E-state index >= 15 is 0 Å². The molecular weight excluding hydrogens is 210 g/mol. The van der Waals surface area contributed by atoms with E-state index in [0.29, 0.717) is 0 Å². The fraction of sp³-hybridized carbons (Fsp3) is 0.600. The summed E-state index contributed by atoms with van der Waals surface area (Å²) in [4.78, 5) is 0. The Morgan fingerprint density at radius 3 is 2.53 bits per heavy atom. The number of benzene rings is 1. The van der Waals surface area contributed by atoms with E-state index in [1.165, 1.54) is 16.7 Å². The van der Waals surface area contributed by atoms with Crippen molar-refractivity contribution in [1.82, 2.24) is 0 Å². The van der Waals surface area contributed by atoms with E-state index in [2.05, 4.69) is 32.0 Å². The molecule has 3 N–H and O–H groups in total. The zero-order valence-corrected chi connectivity index (χ0v) is 10.9. The van der Waals surface area contributed by atoms with Crippen LogP contribution in [-0.2, 0) is 6.42 Å². The maximum atomic E-state index is 10.6. The van der Waals surface area contributed by atoms with Crippen LogP contribution in [0.1, 0.15) is 42.4 Å². The van der Waals surface area contributed by atoms with Crippen LogP contribution in [0.2, 0.25) is 0 Å². The van der Waals surface area contributed by atoms with Crippen LogP contribution in [0.15, 0.2) is 18.2 Å². The summed E-state index contributed by atoms with van der Waals surface area (Å²) in [6.45, 7) is 4.21. The molecule has 0 spiro atoms. The summed E-state index contributed by atoms with van der Waals surface area (Å²) in [6, 6.07) is 6.68. The Bertz CT molecular complexity index is 382. The zero-order chi connectivity index (χ0) is 12.5. The lowest BCUT2D eigenvalue weighted by molar-refractivity contribution is -0.00191. The van der Waals surface area contributed by atoms with Gasteiger partial charge >= 0.3 is 0 Å². The molecule has 1 saturated carbocycles. The van der Waals surface area contributed by atoms with Crippen LogP contribution >= 0.6 is 0 Å². The molecule has 1 aromatic carbocycles. The van der Waals surface area contributed by atoms with Crippen molar-refractivity contribution >= 4 is 0 Å². The molecule has 17 heavy (non-hydrogen) atoms. The molecule has 2 nitrogen and oxygen atoms in total. The lowest BCUT2D eigenvalue weighted by Crippen LogP contribution is -2.42. The standard InChI is InChI=1S/C15H23NO/c1-11-6-12(2)8-13(7-11)9-15(17)5-3-4-14(16)10-15/h6-8,14,17H,3-5,9-10,16H2,1-2H3. The summed E-state index contributed by atoms with van der Waals surface area (Å²) in [5, 5.41) is 10.6. The van der Waals surface area contributed by atoms with Crippen LogP contribution in [0.5, 0.6) is 0 Å². The number of hydrogen-bond acceptors (Lipinski definition) is 2. The molecular formula is C15H23NO. The van der Waals surface area contributed by atoms with Gasteiger partial charge in [-0.25, -0.2) is 0 Å². The fourth-order valence-corrected chi connectivity index (χ4v) is 3.10. The van der Waals surface area contributed by atoms with Gasteiger partial charge in [0.05, 0.1) is 5.60 Å². The number of aliphatic hydroxyl groups is 1. The molecule has 2 heteroatoms. The van der Waals surface area contributed by atoms with Gasteiger partial charge in [0.2, 0.25) is 0 Å². The van der Waals surface area contributed by atoms with E-state index in [4.69, 9.17) is 5.73 Å². The zero-order valence-electron chi connectivity index (χ0n) is 10.9. The maximum absolute atomic E-state index is 10.6. The first-order chi connectivity index (χ1) is 7.97. The van der Waals surface area contributed by atoms with Gasteiger partial charge < -0.3 is 10.8 Å². The van der Waals surface area contributed by atoms with Gasteiger partial charge in [-0.1, -0.05) is 29.3 Å². The summed E-state index contributed by atoms with van der Waals surface area (Å²) in [5.41, 5.74) is 9.15. The molecule has 94 valence electrons. The highest BCUT2D eigenvalue weighted by molar-refractivity contribution is 5.29. The Morgan fingerprint density at radius 2 is 1.94 bits per heavy atom. The Kier molecular flexibility index (Phi) is 3.55. The second kappa shape index (κ2) is 4.79. The Labute approximate surface area is 104 Å². The van der Waals surface area contributed by atoms with E-state index in [0.717, 1.165) is 32.1 Å². The minimum absolute atomic E-state index is 0.166. The molecule has 0 bridgehead atoms. The van der Waals surface area contributed by atoms with Crippen molar-refractivity contribution in [2.45, 2.75) is 57.6 Å². The number of nitrogens with two attached hydrogens (primary N) is 1. The topological polar surface area (TPSA) is 46.2 Å². The molecule has 0 heterocycles. The largest absolute Gasteiger partial charge is 0.389 e. The van der Waals surface area contributed by atoms with Gasteiger partial charge in [0.25, 0.3) is 0 Å². The first kappa shape index (κ1) is 12.6. The first-order valence-electron chi connectivity index (χ1n) is 6.52. The number of aryl methyl sites for hydroxylation is 2. The Hall–Kier alpha value is -0.860. The lowest BCUT2D eigenvalue weighted by Gasteiger charge is -2.35. The number of hydrogen-bond donors (Lipinski definition) is 2. The molecule has 0 amide bonds. The second-order valence-electron chi connectivity index (χ2n) is 5.75. The molecule has 0 saturated heterocycles. The van der Waals surface area contributed by atoms with Gasteiger partial charge in [-0.3, -0.25) is 0 Å². The van der Waals surface area contributed by atoms with E-state index in [1.807, 2.05) is 0 Å². The second-order valence-corrected chi connectivity index (χ2v) is 5.75. The molecule has 1 fully saturated rings. The average Bonchev–Trinajstić information content (AvgIpc) is 2.13. The molecule has 0 radical (unpaired) electrons. The monoisotopic (exact) mass is 233 g/mol. The van der Waals surface area contributed by atoms with E-state index in [-0.39, 0.29) is 6.04 Å². The third-order valence-corrected chi connectivity index (χ3v) is 3.67. The van der Waals surface area contributed by atoms with Gasteiger partial charge in [0, 0.05) is 12.5 Å². The highest BCUT2D eigenvalue weighted by atomic mass is 16.3. The van der Waals surface area contributed by atoms with Gasteiger partial charge in [-0.05, 0) is 45.1 Å². The third-order valence-electron chi connectivity index (χ3n) is 3.67. The minimum Gasteiger partial charge on any atom is -0.389 e. The third kappa shape index (κ3) is 3.30. The summed E-state index contributed by atoms with van der Waals surface area (Å²) in [7, 11) is 0. The quantitative estimate of drug-likeness (QED) is 0.824. The molecule has 1 aliphatic rings. The molecule has 1 aromatic rings. The predicted molar refractivity (Wildman–Crippen MR) is 71.0 cm³/mol. The Balaban J connectivity index is 2.13. The van der Waals surface area contributed by atoms with Crippen LogP contribution in [0.4, 0.5) is 0 Å². The SMILES string of the molecule is Cc1cc(C)cc(CC2(O)CCCC(N)C2)c1. The van der Waals surface area contributed by atoms with Crippen LogP contribution in [0.3, 0.4) is 0 Å². The van der Waals surface area contributed by atoms with Crippen LogP contribution in [0, 0.1) is 13.8 Å². The number of rotatable bonds is 2. The molecule has 2 rings (SSSR count). The van der Waals surface area contributed by atoms with Crippen LogP contribution < -0.4 is 5.73 Å². The first-order valence-corrected chi connectivity index (χ1v) is 6.52. The van der Waals surface area contributed by atoms with E-state index in [1.54, 1.807) is 0 Å². The van der Waals surface area contributed by atoms with Crippen molar-refractivity contribution in [1.29, 1.82) is 0 Å². The van der Waals surface area contributed by atoms with Crippen LogP contribution in [-0.4, -0.2) is 16.7 Å². The van der Waals surface area contributed by atoms with Crippen molar-refractivity contribution in [3.63, 3.8) is 0 Å². The molecule has 2 unspecified atom stereocenters. The minimum atomic E-state index is -0.585. The predicted octanol–water partition coefficient (Wildman–Crippen LogP) is 2.48. The van der Waals surface area contributed by atoms with Crippen molar-refractivity contribution in [3.05, 3.63) is 34.9 Å². The fourth-order valence-electron chi connectivity index (χ4n) is 3.10.